The van der Waals surface area contributed by atoms with Gasteiger partial charge in [0.05, 0.1) is 11.4 Å². The molecule has 4 aromatic carbocycles. The van der Waals surface area contributed by atoms with Crippen molar-refractivity contribution in [2.45, 2.75) is 10.5 Å². The molecule has 30 heavy (non-hydrogen) atoms. The Kier molecular flexibility index (Phi) is 4.36. The topological polar surface area (TPSA) is 66.6 Å². The molecule has 1 amide bonds. The van der Waals surface area contributed by atoms with E-state index in [1.807, 2.05) is 6.07 Å². The highest BCUT2D eigenvalue weighted by Crippen LogP contribution is 2.48. The van der Waals surface area contributed by atoms with E-state index in [1.54, 1.807) is 66.7 Å². The molecular formula is C24H17FN2O2S. The second kappa shape index (κ2) is 6.95. The number of hydrogen-bond acceptors (Lipinski definition) is 4. The second-order valence-electron chi connectivity index (χ2n) is 7.15. The number of anilines is 2. The van der Waals surface area contributed by atoms with Crippen LogP contribution < -0.4 is 10.0 Å². The van der Waals surface area contributed by atoms with Crippen molar-refractivity contribution in [3.63, 3.8) is 0 Å². The average Bonchev–Trinajstić information content (AvgIpc) is 3.01. The molecule has 0 saturated heterocycles. The zero-order valence-electron chi connectivity index (χ0n) is 15.7. The van der Waals surface area contributed by atoms with Crippen LogP contribution in [0.5, 0.6) is 0 Å². The lowest BCUT2D eigenvalue weighted by Crippen LogP contribution is -2.39. The zero-order valence-corrected chi connectivity index (χ0v) is 16.6. The predicted octanol–water partition coefficient (Wildman–Crippen LogP) is 4.86. The number of amides is 1. The maximum Gasteiger partial charge on any atom is 0.273 e. The SMILES string of the molecule is NSc1ccc(C2(O)C(=O)N(c3cccc4cc(F)ccc34)c3ccccc32)cc1. The molecule has 0 fully saturated rings. The van der Waals surface area contributed by atoms with E-state index >= 15 is 0 Å². The summed E-state index contributed by atoms with van der Waals surface area (Å²) in [5.74, 6) is -0.823. The van der Waals surface area contributed by atoms with Crippen LogP contribution in [-0.2, 0) is 10.4 Å². The van der Waals surface area contributed by atoms with Crippen LogP contribution in [0, 0.1) is 5.82 Å². The van der Waals surface area contributed by atoms with Gasteiger partial charge < -0.3 is 5.11 Å². The van der Waals surface area contributed by atoms with E-state index in [-0.39, 0.29) is 5.82 Å². The molecule has 0 saturated carbocycles. The third-order valence-corrected chi connectivity index (χ3v) is 6.06. The molecule has 0 aromatic heterocycles. The van der Waals surface area contributed by atoms with Gasteiger partial charge in [0, 0.05) is 15.8 Å². The van der Waals surface area contributed by atoms with Crippen LogP contribution in [-0.4, -0.2) is 11.0 Å². The molecular weight excluding hydrogens is 399 g/mol. The van der Waals surface area contributed by atoms with Crippen molar-refractivity contribution in [2.24, 2.45) is 5.14 Å². The Morgan fingerprint density at radius 3 is 2.40 bits per heavy atom. The Bertz CT molecular complexity index is 1290. The van der Waals surface area contributed by atoms with Gasteiger partial charge in [0.15, 0.2) is 5.60 Å². The Morgan fingerprint density at radius 2 is 1.63 bits per heavy atom. The molecule has 6 heteroatoms. The number of carbonyl (C=O) groups excluding carboxylic acids is 1. The molecule has 0 bridgehead atoms. The summed E-state index contributed by atoms with van der Waals surface area (Å²) in [5, 5.41) is 18.7. The number of halogens is 1. The van der Waals surface area contributed by atoms with Crippen LogP contribution in [0.1, 0.15) is 11.1 Å². The molecule has 4 aromatic rings. The number of nitrogens with zero attached hydrogens (tertiary/aromatic N) is 1. The molecule has 1 atom stereocenters. The van der Waals surface area contributed by atoms with E-state index in [0.29, 0.717) is 27.9 Å². The molecule has 0 radical (unpaired) electrons. The smallest absolute Gasteiger partial charge is 0.273 e. The highest BCUT2D eigenvalue weighted by molar-refractivity contribution is 7.97. The van der Waals surface area contributed by atoms with Crippen molar-refractivity contribution < 1.29 is 14.3 Å². The van der Waals surface area contributed by atoms with Crippen LogP contribution in [0.15, 0.2) is 89.8 Å². The second-order valence-corrected chi connectivity index (χ2v) is 7.86. The lowest BCUT2D eigenvalue weighted by atomic mass is 9.87. The minimum Gasteiger partial charge on any atom is -0.372 e. The van der Waals surface area contributed by atoms with Crippen LogP contribution in [0.3, 0.4) is 0 Å². The fourth-order valence-electron chi connectivity index (χ4n) is 4.09. The Labute approximate surface area is 176 Å². The molecule has 1 heterocycles. The van der Waals surface area contributed by atoms with Gasteiger partial charge in [0.2, 0.25) is 0 Å². The largest absolute Gasteiger partial charge is 0.372 e. The summed E-state index contributed by atoms with van der Waals surface area (Å²) >= 11 is 1.10. The van der Waals surface area contributed by atoms with Crippen molar-refractivity contribution in [2.75, 3.05) is 4.90 Å². The van der Waals surface area contributed by atoms with Gasteiger partial charge in [-0.15, -0.1) is 0 Å². The normalized spacial score (nSPS) is 18.1. The van der Waals surface area contributed by atoms with Gasteiger partial charge in [-0.1, -0.05) is 42.5 Å². The summed E-state index contributed by atoms with van der Waals surface area (Å²) < 4.78 is 13.7. The van der Waals surface area contributed by atoms with Crippen LogP contribution >= 0.6 is 11.9 Å². The van der Waals surface area contributed by atoms with Crippen molar-refractivity contribution in [1.82, 2.24) is 0 Å². The molecule has 1 aliphatic heterocycles. The number of hydrogen-bond donors (Lipinski definition) is 2. The van der Waals surface area contributed by atoms with Crippen molar-refractivity contribution in [3.8, 4) is 0 Å². The van der Waals surface area contributed by atoms with E-state index < -0.39 is 11.5 Å². The first-order valence-corrected chi connectivity index (χ1v) is 10.2. The molecule has 1 unspecified atom stereocenters. The highest BCUT2D eigenvalue weighted by Gasteiger charge is 2.51. The number of fused-ring (bicyclic) bond motifs is 2. The van der Waals surface area contributed by atoms with Gasteiger partial charge in [0.1, 0.15) is 5.82 Å². The molecule has 1 aliphatic rings. The lowest BCUT2D eigenvalue weighted by molar-refractivity contribution is -0.131. The number of benzene rings is 4. The summed E-state index contributed by atoms with van der Waals surface area (Å²) in [6.45, 7) is 0. The minimum atomic E-state index is -1.84. The van der Waals surface area contributed by atoms with E-state index in [0.717, 1.165) is 22.2 Å². The van der Waals surface area contributed by atoms with E-state index in [1.165, 1.54) is 17.0 Å². The first kappa shape index (κ1) is 18.8. The average molecular weight is 416 g/mol. The summed E-state index contributed by atoms with van der Waals surface area (Å²) in [6.07, 6.45) is 0. The third-order valence-electron chi connectivity index (χ3n) is 5.52. The molecule has 3 N–H and O–H groups in total. The number of para-hydroxylation sites is 1. The van der Waals surface area contributed by atoms with E-state index in [4.69, 9.17) is 5.14 Å². The van der Waals surface area contributed by atoms with Gasteiger partial charge in [0.25, 0.3) is 5.91 Å². The van der Waals surface area contributed by atoms with Gasteiger partial charge >= 0.3 is 0 Å². The maximum atomic E-state index is 13.7. The zero-order chi connectivity index (χ0) is 20.9. The van der Waals surface area contributed by atoms with Crippen LogP contribution in [0.25, 0.3) is 10.8 Å². The van der Waals surface area contributed by atoms with Crippen molar-refractivity contribution in [1.29, 1.82) is 0 Å². The molecule has 4 nitrogen and oxygen atoms in total. The van der Waals surface area contributed by atoms with Crippen LogP contribution in [0.4, 0.5) is 15.8 Å². The summed E-state index contributed by atoms with van der Waals surface area (Å²) in [4.78, 5) is 16.1. The van der Waals surface area contributed by atoms with Gasteiger partial charge in [-0.3, -0.25) is 14.8 Å². The molecule has 148 valence electrons. The highest BCUT2D eigenvalue weighted by atomic mass is 32.2. The van der Waals surface area contributed by atoms with Crippen molar-refractivity contribution >= 4 is 40.0 Å². The van der Waals surface area contributed by atoms with E-state index in [9.17, 15) is 14.3 Å². The summed E-state index contributed by atoms with van der Waals surface area (Å²) in [6, 6.07) is 24.0. The molecule has 5 rings (SSSR count). The number of rotatable bonds is 3. The van der Waals surface area contributed by atoms with Crippen LogP contribution in [0.2, 0.25) is 0 Å². The van der Waals surface area contributed by atoms with Gasteiger partial charge in [-0.25, -0.2) is 4.39 Å². The maximum absolute atomic E-state index is 13.7. The minimum absolute atomic E-state index is 0.345. The Hall–Kier alpha value is -3.19. The monoisotopic (exact) mass is 416 g/mol. The molecule has 0 spiro atoms. The third kappa shape index (κ3) is 2.65. The van der Waals surface area contributed by atoms with Gasteiger partial charge in [-0.2, -0.15) is 0 Å². The fourth-order valence-corrected chi connectivity index (χ4v) is 4.38. The number of aliphatic hydroxyl groups is 1. The van der Waals surface area contributed by atoms with Crippen molar-refractivity contribution in [3.05, 3.63) is 102 Å². The first-order chi connectivity index (χ1) is 14.5. The lowest BCUT2D eigenvalue weighted by Gasteiger charge is -2.24. The quantitative estimate of drug-likeness (QED) is 0.468. The fraction of sp³-hybridized carbons (Fsp3) is 0.0417. The molecule has 0 aliphatic carbocycles. The standard InChI is InChI=1S/C24H17FN2O2S/c25-17-10-13-19-15(14-17)4-3-7-21(19)27-22-6-2-1-5-20(22)24(29,23(27)28)16-8-11-18(30-26)12-9-16/h1-14,29H,26H2. The Balaban J connectivity index is 1.73. The Morgan fingerprint density at radius 1 is 0.900 bits per heavy atom. The number of carbonyl (C=O) groups is 1. The predicted molar refractivity (Wildman–Crippen MR) is 117 cm³/mol. The summed E-state index contributed by atoms with van der Waals surface area (Å²) in [7, 11) is 0. The van der Waals surface area contributed by atoms with Gasteiger partial charge in [-0.05, 0) is 65.4 Å². The first-order valence-electron chi connectivity index (χ1n) is 9.36. The van der Waals surface area contributed by atoms with E-state index in [2.05, 4.69) is 0 Å². The summed E-state index contributed by atoms with van der Waals surface area (Å²) in [5.41, 5.74) is 0.319. The number of nitrogens with two attached hydrogens (primary N) is 1.